The Bertz CT molecular complexity index is 258. The number of aliphatic hydroxyl groups excluding tert-OH is 1. The van der Waals surface area contributed by atoms with E-state index in [0.717, 1.165) is 5.56 Å². The maximum atomic E-state index is 10.7. The average molecular weight is 165 g/mol. The van der Waals surface area contributed by atoms with Crippen molar-refractivity contribution in [3.63, 3.8) is 0 Å². The average Bonchev–Trinajstić information content (AvgIpc) is 2.05. The molecule has 0 aliphatic carbocycles. The van der Waals surface area contributed by atoms with E-state index in [1.165, 1.54) is 6.92 Å². The number of pyridine rings is 1. The molecule has 12 heavy (non-hydrogen) atoms. The maximum absolute atomic E-state index is 10.7. The topological polar surface area (TPSA) is 50.2 Å². The number of nitrogens with zero attached hydrogens (tertiary/aromatic N) is 1. The summed E-state index contributed by atoms with van der Waals surface area (Å²) in [6, 6.07) is 3.40. The van der Waals surface area contributed by atoms with Crippen LogP contribution in [-0.4, -0.2) is 15.9 Å². The summed E-state index contributed by atoms with van der Waals surface area (Å²) in [5.41, 5.74) is 0.736. The van der Waals surface area contributed by atoms with Crippen LogP contribution >= 0.6 is 0 Å². The lowest BCUT2D eigenvalue weighted by atomic mass is 10.1. The van der Waals surface area contributed by atoms with Gasteiger partial charge in [0.1, 0.15) is 5.78 Å². The Balaban J connectivity index is 2.65. The van der Waals surface area contributed by atoms with Gasteiger partial charge in [-0.1, -0.05) is 0 Å². The predicted octanol–water partition coefficient (Wildman–Crippen LogP) is 1.09. The van der Waals surface area contributed by atoms with Crippen molar-refractivity contribution in [1.82, 2.24) is 4.98 Å². The summed E-state index contributed by atoms with van der Waals surface area (Å²) >= 11 is 0. The van der Waals surface area contributed by atoms with E-state index in [4.69, 9.17) is 0 Å². The van der Waals surface area contributed by atoms with Gasteiger partial charge in [0.15, 0.2) is 0 Å². The van der Waals surface area contributed by atoms with Crippen LogP contribution in [0.15, 0.2) is 24.5 Å². The third-order valence-corrected chi connectivity index (χ3v) is 1.57. The molecular weight excluding hydrogens is 154 g/mol. The number of aliphatic hydroxyl groups is 1. The van der Waals surface area contributed by atoms with E-state index in [-0.39, 0.29) is 12.2 Å². The SMILES string of the molecule is CC(=O)CC(O)c1ccncc1. The Morgan fingerprint density at radius 3 is 2.67 bits per heavy atom. The third kappa shape index (κ3) is 2.43. The molecule has 0 amide bonds. The van der Waals surface area contributed by atoms with Crippen molar-refractivity contribution in [2.75, 3.05) is 0 Å². The van der Waals surface area contributed by atoms with E-state index in [2.05, 4.69) is 4.98 Å². The Labute approximate surface area is 71.1 Å². The first-order valence-electron chi connectivity index (χ1n) is 3.77. The van der Waals surface area contributed by atoms with Crippen molar-refractivity contribution < 1.29 is 9.90 Å². The number of hydrogen-bond acceptors (Lipinski definition) is 3. The van der Waals surface area contributed by atoms with Gasteiger partial charge >= 0.3 is 0 Å². The quantitative estimate of drug-likeness (QED) is 0.729. The highest BCUT2D eigenvalue weighted by Gasteiger charge is 2.08. The van der Waals surface area contributed by atoms with Crippen LogP contribution in [0.4, 0.5) is 0 Å². The monoisotopic (exact) mass is 165 g/mol. The Kier molecular flexibility index (Phi) is 2.94. The maximum Gasteiger partial charge on any atom is 0.132 e. The normalized spacial score (nSPS) is 12.5. The second-order valence-electron chi connectivity index (χ2n) is 2.70. The van der Waals surface area contributed by atoms with Crippen LogP contribution in [0.1, 0.15) is 25.0 Å². The van der Waals surface area contributed by atoms with Crippen molar-refractivity contribution >= 4 is 5.78 Å². The van der Waals surface area contributed by atoms with Gasteiger partial charge in [-0.15, -0.1) is 0 Å². The first-order chi connectivity index (χ1) is 5.70. The molecule has 0 aliphatic heterocycles. The minimum atomic E-state index is -0.689. The van der Waals surface area contributed by atoms with Gasteiger partial charge in [0.05, 0.1) is 6.10 Å². The van der Waals surface area contributed by atoms with Crippen LogP contribution < -0.4 is 0 Å². The lowest BCUT2D eigenvalue weighted by Gasteiger charge is -2.07. The summed E-state index contributed by atoms with van der Waals surface area (Å²) in [5.74, 6) is -0.0145. The number of ketones is 1. The molecule has 1 N–H and O–H groups in total. The molecule has 0 fully saturated rings. The summed E-state index contributed by atoms with van der Waals surface area (Å²) in [7, 11) is 0. The molecule has 1 heterocycles. The molecule has 64 valence electrons. The molecule has 0 saturated heterocycles. The van der Waals surface area contributed by atoms with Crippen LogP contribution in [0.5, 0.6) is 0 Å². The summed E-state index contributed by atoms with van der Waals surface area (Å²) in [6.07, 6.45) is 2.67. The summed E-state index contributed by atoms with van der Waals surface area (Å²) in [6.45, 7) is 1.46. The van der Waals surface area contributed by atoms with E-state index >= 15 is 0 Å². The van der Waals surface area contributed by atoms with Crippen molar-refractivity contribution in [2.24, 2.45) is 0 Å². The highest BCUT2D eigenvalue weighted by atomic mass is 16.3. The molecule has 1 unspecified atom stereocenters. The lowest BCUT2D eigenvalue weighted by molar-refractivity contribution is -0.118. The highest BCUT2D eigenvalue weighted by Crippen LogP contribution is 2.14. The molecule has 0 radical (unpaired) electrons. The van der Waals surface area contributed by atoms with Crippen LogP contribution in [0, 0.1) is 0 Å². The third-order valence-electron chi connectivity index (χ3n) is 1.57. The van der Waals surface area contributed by atoms with E-state index in [1.807, 2.05) is 0 Å². The number of aromatic nitrogens is 1. The van der Waals surface area contributed by atoms with Gasteiger partial charge in [-0.2, -0.15) is 0 Å². The zero-order valence-electron chi connectivity index (χ0n) is 6.90. The molecule has 0 bridgehead atoms. The van der Waals surface area contributed by atoms with Crippen LogP contribution in [-0.2, 0) is 4.79 Å². The predicted molar refractivity (Wildman–Crippen MR) is 44.5 cm³/mol. The number of rotatable bonds is 3. The Morgan fingerprint density at radius 2 is 2.17 bits per heavy atom. The van der Waals surface area contributed by atoms with Gasteiger partial charge in [0, 0.05) is 18.8 Å². The van der Waals surface area contributed by atoms with E-state index in [9.17, 15) is 9.90 Å². The second-order valence-corrected chi connectivity index (χ2v) is 2.70. The first kappa shape index (κ1) is 8.87. The van der Waals surface area contributed by atoms with Gasteiger partial charge in [-0.3, -0.25) is 9.78 Å². The first-order valence-corrected chi connectivity index (χ1v) is 3.77. The minimum absolute atomic E-state index is 0.0145. The van der Waals surface area contributed by atoms with E-state index < -0.39 is 6.10 Å². The summed E-state index contributed by atoms with van der Waals surface area (Å²) < 4.78 is 0. The van der Waals surface area contributed by atoms with E-state index in [1.54, 1.807) is 24.5 Å². The Morgan fingerprint density at radius 1 is 1.58 bits per heavy atom. The van der Waals surface area contributed by atoms with Gasteiger partial charge in [0.2, 0.25) is 0 Å². The summed E-state index contributed by atoms with van der Waals surface area (Å²) in [5, 5.41) is 9.44. The molecule has 1 aromatic rings. The molecule has 0 aliphatic rings. The van der Waals surface area contributed by atoms with Crippen molar-refractivity contribution in [3.8, 4) is 0 Å². The van der Waals surface area contributed by atoms with Crippen molar-refractivity contribution in [3.05, 3.63) is 30.1 Å². The van der Waals surface area contributed by atoms with Crippen LogP contribution in [0.3, 0.4) is 0 Å². The molecule has 1 atom stereocenters. The molecule has 1 aromatic heterocycles. The number of hydrogen-bond donors (Lipinski definition) is 1. The fourth-order valence-electron chi connectivity index (χ4n) is 0.976. The number of Topliss-reactive ketones (excluding diaryl/α,β-unsaturated/α-hetero) is 1. The minimum Gasteiger partial charge on any atom is -0.388 e. The smallest absolute Gasteiger partial charge is 0.132 e. The van der Waals surface area contributed by atoms with Crippen LogP contribution in [0.2, 0.25) is 0 Å². The van der Waals surface area contributed by atoms with Gasteiger partial charge < -0.3 is 5.11 Å². The standard InChI is InChI=1S/C9H11NO2/c1-7(11)6-9(12)8-2-4-10-5-3-8/h2-5,9,12H,6H2,1H3. The van der Waals surface area contributed by atoms with E-state index in [0.29, 0.717) is 0 Å². The number of carbonyl (C=O) groups is 1. The lowest BCUT2D eigenvalue weighted by Crippen LogP contribution is -2.02. The van der Waals surface area contributed by atoms with Crippen LogP contribution in [0.25, 0.3) is 0 Å². The van der Waals surface area contributed by atoms with Gasteiger partial charge in [-0.25, -0.2) is 0 Å². The Hall–Kier alpha value is -1.22. The number of carbonyl (C=O) groups excluding carboxylic acids is 1. The zero-order valence-corrected chi connectivity index (χ0v) is 6.90. The fourth-order valence-corrected chi connectivity index (χ4v) is 0.976. The largest absolute Gasteiger partial charge is 0.388 e. The van der Waals surface area contributed by atoms with Crippen molar-refractivity contribution in [1.29, 1.82) is 0 Å². The van der Waals surface area contributed by atoms with Crippen molar-refractivity contribution in [2.45, 2.75) is 19.4 Å². The molecule has 3 nitrogen and oxygen atoms in total. The molecule has 0 aromatic carbocycles. The molecule has 0 saturated carbocycles. The molecule has 1 rings (SSSR count). The fraction of sp³-hybridized carbons (Fsp3) is 0.333. The molecule has 0 spiro atoms. The second kappa shape index (κ2) is 3.97. The zero-order chi connectivity index (χ0) is 8.97. The molecule has 3 heteroatoms. The highest BCUT2D eigenvalue weighted by molar-refractivity contribution is 5.76. The van der Waals surface area contributed by atoms with Gasteiger partial charge in [-0.05, 0) is 24.6 Å². The summed E-state index contributed by atoms with van der Waals surface area (Å²) in [4.78, 5) is 14.5. The van der Waals surface area contributed by atoms with Gasteiger partial charge in [0.25, 0.3) is 0 Å². The molecular formula is C9H11NO2.